The summed E-state index contributed by atoms with van der Waals surface area (Å²) < 4.78 is 0. The molecule has 0 aromatic heterocycles. The van der Waals surface area contributed by atoms with Crippen molar-refractivity contribution in [1.82, 2.24) is 0 Å². The average molecular weight is 377 g/mol. The number of rotatable bonds is 4. The average Bonchev–Trinajstić information content (AvgIpc) is 2.66. The van der Waals surface area contributed by atoms with E-state index in [4.69, 9.17) is 5.73 Å². The second-order valence-corrected chi connectivity index (χ2v) is 6.28. The van der Waals surface area contributed by atoms with Crippen LogP contribution in [0.2, 0.25) is 0 Å². The molecule has 28 heavy (non-hydrogen) atoms. The number of benzene rings is 3. The van der Waals surface area contributed by atoms with Gasteiger partial charge in [0.25, 0.3) is 11.8 Å². The van der Waals surface area contributed by atoms with Gasteiger partial charge in [0.1, 0.15) is 11.5 Å². The van der Waals surface area contributed by atoms with Gasteiger partial charge in [-0.15, -0.1) is 0 Å². The third-order valence-corrected chi connectivity index (χ3v) is 4.10. The van der Waals surface area contributed by atoms with Gasteiger partial charge in [-0.3, -0.25) is 9.59 Å². The molecule has 0 fully saturated rings. The number of amides is 2. The van der Waals surface area contributed by atoms with E-state index in [1.165, 1.54) is 6.07 Å². The number of nitrogen functional groups attached to an aromatic ring is 1. The van der Waals surface area contributed by atoms with Gasteiger partial charge >= 0.3 is 0 Å². The lowest BCUT2D eigenvalue weighted by molar-refractivity contribution is 0.101. The van der Waals surface area contributed by atoms with Crippen LogP contribution in [0.3, 0.4) is 0 Å². The zero-order valence-corrected chi connectivity index (χ0v) is 15.1. The van der Waals surface area contributed by atoms with Crippen LogP contribution in [-0.2, 0) is 0 Å². The number of phenolic OH excluding ortho intramolecular Hbond substituents is 2. The summed E-state index contributed by atoms with van der Waals surface area (Å²) >= 11 is 0. The summed E-state index contributed by atoms with van der Waals surface area (Å²) in [5.41, 5.74) is 7.97. The molecular formula is C21H19N3O4. The van der Waals surface area contributed by atoms with Gasteiger partial charge in [0.15, 0.2) is 0 Å². The highest BCUT2D eigenvalue weighted by atomic mass is 16.3. The lowest BCUT2D eigenvalue weighted by Crippen LogP contribution is -2.14. The Kier molecular flexibility index (Phi) is 5.17. The Morgan fingerprint density at radius 2 is 1.18 bits per heavy atom. The van der Waals surface area contributed by atoms with Gasteiger partial charge in [-0.25, -0.2) is 0 Å². The van der Waals surface area contributed by atoms with E-state index in [0.29, 0.717) is 16.8 Å². The number of hydrogen-bond donors (Lipinski definition) is 5. The maximum absolute atomic E-state index is 12.4. The smallest absolute Gasteiger partial charge is 0.255 e. The topological polar surface area (TPSA) is 125 Å². The number of nitrogens with one attached hydrogen (secondary N) is 2. The molecule has 7 heteroatoms. The minimum absolute atomic E-state index is 0.0406. The van der Waals surface area contributed by atoms with Crippen molar-refractivity contribution in [2.45, 2.75) is 6.92 Å². The van der Waals surface area contributed by atoms with Gasteiger partial charge in [-0.1, -0.05) is 17.7 Å². The Morgan fingerprint density at radius 3 is 1.64 bits per heavy atom. The van der Waals surface area contributed by atoms with Crippen LogP contribution in [0, 0.1) is 6.92 Å². The number of phenols is 2. The van der Waals surface area contributed by atoms with Crippen molar-refractivity contribution in [3.63, 3.8) is 0 Å². The molecule has 0 atom stereocenters. The number of hydrogen-bond acceptors (Lipinski definition) is 5. The van der Waals surface area contributed by atoms with E-state index in [9.17, 15) is 19.8 Å². The van der Waals surface area contributed by atoms with Crippen LogP contribution in [0.5, 0.6) is 11.5 Å². The molecule has 0 unspecified atom stereocenters. The summed E-state index contributed by atoms with van der Waals surface area (Å²) in [6, 6.07) is 15.5. The Morgan fingerprint density at radius 1 is 0.750 bits per heavy atom. The highest BCUT2D eigenvalue weighted by Gasteiger charge is 2.15. The molecule has 0 saturated carbocycles. The summed E-state index contributed by atoms with van der Waals surface area (Å²) in [7, 11) is 0. The molecule has 0 heterocycles. The zero-order valence-electron chi connectivity index (χ0n) is 15.1. The Balaban J connectivity index is 1.81. The summed E-state index contributed by atoms with van der Waals surface area (Å²) in [4.78, 5) is 24.7. The van der Waals surface area contributed by atoms with Crippen LogP contribution in [-0.4, -0.2) is 22.0 Å². The van der Waals surface area contributed by atoms with E-state index in [-0.39, 0.29) is 22.9 Å². The molecule has 0 saturated heterocycles. The van der Waals surface area contributed by atoms with E-state index in [2.05, 4.69) is 10.6 Å². The van der Waals surface area contributed by atoms with Gasteiger partial charge in [0.2, 0.25) is 0 Å². The Hall–Kier alpha value is -4.00. The SMILES string of the molecule is Cc1ccc(C(=O)Nc2cc(NC(=O)c3ccc(N)cc3)c(O)cc2O)cc1. The summed E-state index contributed by atoms with van der Waals surface area (Å²) in [5.74, 6) is -1.58. The van der Waals surface area contributed by atoms with Gasteiger partial charge in [-0.05, 0) is 49.4 Å². The first-order valence-corrected chi connectivity index (χ1v) is 8.44. The molecular weight excluding hydrogens is 358 g/mol. The third kappa shape index (κ3) is 4.21. The number of aromatic hydroxyl groups is 2. The fourth-order valence-corrected chi connectivity index (χ4v) is 2.51. The molecule has 0 radical (unpaired) electrons. The van der Waals surface area contributed by atoms with Crippen molar-refractivity contribution in [3.05, 3.63) is 77.4 Å². The molecule has 3 rings (SSSR count). The summed E-state index contributed by atoms with van der Waals surface area (Å²) in [5, 5.41) is 25.2. The summed E-state index contributed by atoms with van der Waals surface area (Å²) in [6.07, 6.45) is 0. The maximum Gasteiger partial charge on any atom is 0.255 e. The predicted octanol–water partition coefficient (Wildman–Crippen LogP) is 3.49. The molecule has 0 spiro atoms. The van der Waals surface area contributed by atoms with E-state index in [1.54, 1.807) is 48.5 Å². The van der Waals surface area contributed by atoms with Gasteiger partial charge in [0.05, 0.1) is 11.4 Å². The number of nitrogens with two attached hydrogens (primary N) is 1. The van der Waals surface area contributed by atoms with Gasteiger partial charge < -0.3 is 26.6 Å². The standard InChI is InChI=1S/C21H19N3O4/c1-12-2-4-13(5-3-12)20(27)23-16-10-17(19(26)11-18(16)25)24-21(28)14-6-8-15(22)9-7-14/h2-11,25-26H,22H2,1H3,(H,23,27)(H,24,28). The van der Waals surface area contributed by atoms with Crippen molar-refractivity contribution >= 4 is 28.9 Å². The molecule has 2 amide bonds. The molecule has 0 aliphatic rings. The first-order chi connectivity index (χ1) is 13.3. The first-order valence-electron chi connectivity index (χ1n) is 8.44. The second-order valence-electron chi connectivity index (χ2n) is 6.28. The normalized spacial score (nSPS) is 10.3. The van der Waals surface area contributed by atoms with E-state index < -0.39 is 11.8 Å². The highest BCUT2D eigenvalue weighted by Crippen LogP contribution is 2.35. The quantitative estimate of drug-likeness (QED) is 0.270. The van der Waals surface area contributed by atoms with E-state index in [0.717, 1.165) is 11.6 Å². The van der Waals surface area contributed by atoms with Crippen LogP contribution in [0.4, 0.5) is 17.1 Å². The van der Waals surface area contributed by atoms with Crippen molar-refractivity contribution in [1.29, 1.82) is 0 Å². The molecule has 0 bridgehead atoms. The van der Waals surface area contributed by atoms with Crippen molar-refractivity contribution in [3.8, 4) is 11.5 Å². The number of anilines is 3. The predicted molar refractivity (Wildman–Crippen MR) is 108 cm³/mol. The zero-order chi connectivity index (χ0) is 20.3. The molecule has 3 aromatic rings. The van der Waals surface area contributed by atoms with E-state index >= 15 is 0 Å². The third-order valence-electron chi connectivity index (χ3n) is 4.10. The lowest BCUT2D eigenvalue weighted by atomic mass is 10.1. The molecule has 142 valence electrons. The largest absolute Gasteiger partial charge is 0.506 e. The maximum atomic E-state index is 12.4. The molecule has 0 aliphatic heterocycles. The summed E-state index contributed by atoms with van der Waals surface area (Å²) in [6.45, 7) is 1.91. The molecule has 0 aliphatic carbocycles. The Labute approximate surface area is 161 Å². The fourth-order valence-electron chi connectivity index (χ4n) is 2.51. The van der Waals surface area contributed by atoms with Crippen molar-refractivity contribution < 1.29 is 19.8 Å². The minimum atomic E-state index is -0.475. The van der Waals surface area contributed by atoms with Crippen LogP contribution in [0.1, 0.15) is 26.3 Å². The molecule has 7 nitrogen and oxygen atoms in total. The Bertz CT molecular complexity index is 948. The van der Waals surface area contributed by atoms with Gasteiger partial charge in [-0.2, -0.15) is 0 Å². The minimum Gasteiger partial charge on any atom is -0.506 e. The highest BCUT2D eigenvalue weighted by molar-refractivity contribution is 6.07. The van der Waals surface area contributed by atoms with Gasteiger partial charge in [0, 0.05) is 22.9 Å². The van der Waals surface area contributed by atoms with Crippen molar-refractivity contribution in [2.24, 2.45) is 0 Å². The molecule has 3 aromatic carbocycles. The van der Waals surface area contributed by atoms with E-state index in [1.807, 2.05) is 6.92 Å². The number of carbonyl (C=O) groups is 2. The lowest BCUT2D eigenvalue weighted by Gasteiger charge is -2.13. The van der Waals surface area contributed by atoms with Crippen LogP contribution in [0.15, 0.2) is 60.7 Å². The van der Waals surface area contributed by atoms with Crippen LogP contribution < -0.4 is 16.4 Å². The molecule has 6 N–H and O–H groups in total. The number of carbonyl (C=O) groups excluding carboxylic acids is 2. The van der Waals surface area contributed by atoms with Crippen molar-refractivity contribution in [2.75, 3.05) is 16.4 Å². The van der Waals surface area contributed by atoms with Crippen LogP contribution in [0.25, 0.3) is 0 Å². The first kappa shape index (κ1) is 18.8. The fraction of sp³-hybridized carbons (Fsp3) is 0.0476. The monoisotopic (exact) mass is 377 g/mol. The second kappa shape index (κ2) is 7.71. The van der Waals surface area contributed by atoms with Crippen LogP contribution >= 0.6 is 0 Å². The number of aryl methyl sites for hydroxylation is 1.